The summed E-state index contributed by atoms with van der Waals surface area (Å²) in [7, 11) is 0. The van der Waals surface area contributed by atoms with Gasteiger partial charge in [-0.2, -0.15) is 4.58 Å². The number of carbonyl (C=O) groups excluding carboxylic acids is 1. The molecule has 6 rings (SSSR count). The smallest absolute Gasteiger partial charge is 0.333 e. The molecule has 0 fully saturated rings. The summed E-state index contributed by atoms with van der Waals surface area (Å²) < 4.78 is 7.69. The molecule has 0 atom stereocenters. The van der Waals surface area contributed by atoms with Gasteiger partial charge in [0.15, 0.2) is 0 Å². The van der Waals surface area contributed by atoms with Gasteiger partial charge in [-0.05, 0) is 97.3 Å². The highest BCUT2D eigenvalue weighted by Crippen LogP contribution is 2.39. The van der Waals surface area contributed by atoms with Gasteiger partial charge in [-0.1, -0.05) is 85.4 Å². The molecule has 0 bridgehead atoms. The Morgan fingerprint density at radius 2 is 1.43 bits per heavy atom. The Morgan fingerprint density at radius 3 is 2.08 bits per heavy atom. The summed E-state index contributed by atoms with van der Waals surface area (Å²) in [5, 5.41) is 5.74. The molecule has 1 aliphatic carbocycles. The summed E-state index contributed by atoms with van der Waals surface area (Å²) in [5.74, 6) is -0.375. The van der Waals surface area contributed by atoms with Gasteiger partial charge in [-0.25, -0.2) is 4.79 Å². The van der Waals surface area contributed by atoms with Crippen LogP contribution in [0.15, 0.2) is 163 Å². The molecular weight excluding hydrogens is 627 g/mol. The number of hydrogen-bond acceptors (Lipinski definition) is 4. The number of esters is 1. The van der Waals surface area contributed by atoms with E-state index in [0.29, 0.717) is 12.1 Å². The van der Waals surface area contributed by atoms with E-state index in [2.05, 4.69) is 182 Å². The maximum Gasteiger partial charge on any atom is 0.333 e. The van der Waals surface area contributed by atoms with Crippen molar-refractivity contribution >= 4 is 50.8 Å². The van der Waals surface area contributed by atoms with Gasteiger partial charge in [0, 0.05) is 65.4 Å². The molecule has 0 spiro atoms. The highest BCUT2D eigenvalue weighted by molar-refractivity contribution is 6.08. The zero-order valence-corrected chi connectivity index (χ0v) is 30.0. The second-order valence-electron chi connectivity index (χ2n) is 12.6. The number of carbonyl (C=O) groups is 1. The van der Waals surface area contributed by atoms with Gasteiger partial charge in [0.1, 0.15) is 13.2 Å². The number of allylic oxidation sites excluding steroid dienone is 5. The van der Waals surface area contributed by atoms with Crippen LogP contribution in [0.3, 0.4) is 0 Å². The van der Waals surface area contributed by atoms with E-state index in [0.717, 1.165) is 52.1 Å². The first-order chi connectivity index (χ1) is 24.9. The number of rotatable bonds is 12. The molecule has 5 aromatic carbocycles. The minimum atomic E-state index is -0.375. The number of fused-ring (bicyclic) bond motifs is 1. The zero-order valence-electron chi connectivity index (χ0n) is 30.0. The monoisotopic (exact) mass is 672 g/mol. The number of nitrogens with zero attached hydrogens (tertiary/aromatic N) is 2. The van der Waals surface area contributed by atoms with Gasteiger partial charge in [0.25, 0.3) is 0 Å². The fraction of sp³-hybridized carbons (Fsp3) is 0.174. The predicted molar refractivity (Wildman–Crippen MR) is 215 cm³/mol. The standard InChI is InChI=1S/C46H45N3O2/c1-6-48(36-16-10-8-11-17-36)38-24-22-35(23-25-38)45(40-27-26-39(32-34(40)5)49(7-2)37-18-12-9-13-19-37)43-28-29-44(42-21-15-14-20-41(42)43)47-30-31-51-46(50)33(3)4/h8-29,32H,3,6-7,30-31H2,1-2,4-5H3/p+1. The Hall–Kier alpha value is -5.94. The Balaban J connectivity index is 1.46. The average molecular weight is 673 g/mol. The van der Waals surface area contributed by atoms with Crippen molar-refractivity contribution in [2.75, 3.05) is 36.5 Å². The van der Waals surface area contributed by atoms with Crippen LogP contribution in [0.1, 0.15) is 38.8 Å². The van der Waals surface area contributed by atoms with E-state index in [4.69, 9.17) is 4.74 Å². The average Bonchev–Trinajstić information content (AvgIpc) is 3.16. The van der Waals surface area contributed by atoms with Gasteiger partial charge in [0.05, 0.1) is 0 Å². The topological polar surface area (TPSA) is 44.6 Å². The zero-order chi connectivity index (χ0) is 35.7. The van der Waals surface area contributed by atoms with Crippen LogP contribution in [0.5, 0.6) is 0 Å². The summed E-state index contributed by atoms with van der Waals surface area (Å²) >= 11 is 0. The molecule has 5 aromatic rings. The summed E-state index contributed by atoms with van der Waals surface area (Å²) in [5.41, 5.74) is 11.9. The lowest BCUT2D eigenvalue weighted by molar-refractivity contribution is -0.434. The molecule has 5 nitrogen and oxygen atoms in total. The lowest BCUT2D eigenvalue weighted by Crippen LogP contribution is -2.16. The number of anilines is 3. The third-order valence-electron chi connectivity index (χ3n) is 9.22. The normalized spacial score (nSPS) is 14.5. The third-order valence-corrected chi connectivity index (χ3v) is 9.22. The molecule has 256 valence electrons. The van der Waals surface area contributed by atoms with Crippen LogP contribution in [0.25, 0.3) is 16.3 Å². The van der Waals surface area contributed by atoms with Crippen molar-refractivity contribution in [1.82, 2.24) is 0 Å². The van der Waals surface area contributed by atoms with Gasteiger partial charge >= 0.3 is 5.97 Å². The van der Waals surface area contributed by atoms with Gasteiger partial charge in [0.2, 0.25) is 11.4 Å². The van der Waals surface area contributed by atoms with E-state index in [1.807, 2.05) is 0 Å². The fourth-order valence-electron chi connectivity index (χ4n) is 6.73. The summed E-state index contributed by atoms with van der Waals surface area (Å²) in [6.07, 6.45) is 6.82. The molecule has 1 N–H and O–H groups in total. The van der Waals surface area contributed by atoms with Crippen molar-refractivity contribution in [1.29, 1.82) is 0 Å². The SMILES string of the molecule is C=C(C)C(=O)OCCNc1ccc(/C(=C2\C=CC(=[N+](CC)c3ccccc3)C=C2C)c2ccc(N(CC)c3ccccc3)cc2)c2ccccc12. The first kappa shape index (κ1) is 34.9. The molecule has 0 aliphatic heterocycles. The summed E-state index contributed by atoms with van der Waals surface area (Å²) in [4.78, 5) is 14.3. The molecular formula is C46H46N3O2+. The Kier molecular flexibility index (Phi) is 11.1. The molecule has 1 aliphatic rings. The van der Waals surface area contributed by atoms with Crippen LogP contribution in [-0.4, -0.2) is 42.5 Å². The second kappa shape index (κ2) is 16.2. The van der Waals surface area contributed by atoms with Crippen molar-refractivity contribution in [2.24, 2.45) is 0 Å². The largest absolute Gasteiger partial charge is 0.460 e. The van der Waals surface area contributed by atoms with E-state index in [9.17, 15) is 4.79 Å². The van der Waals surface area contributed by atoms with E-state index in [1.54, 1.807) is 6.92 Å². The van der Waals surface area contributed by atoms with Crippen LogP contribution in [0.2, 0.25) is 0 Å². The third kappa shape index (κ3) is 7.79. The molecule has 51 heavy (non-hydrogen) atoms. The number of ether oxygens (including phenoxy) is 1. The summed E-state index contributed by atoms with van der Waals surface area (Å²) in [6, 6.07) is 42.9. The van der Waals surface area contributed by atoms with Crippen LogP contribution >= 0.6 is 0 Å². The number of hydrogen-bond donors (Lipinski definition) is 1. The van der Waals surface area contributed by atoms with E-state index in [-0.39, 0.29) is 12.6 Å². The fourth-order valence-corrected chi connectivity index (χ4v) is 6.73. The number of benzene rings is 5. The predicted octanol–water partition coefficient (Wildman–Crippen LogP) is 10.7. The van der Waals surface area contributed by atoms with Gasteiger partial charge < -0.3 is 15.0 Å². The second-order valence-corrected chi connectivity index (χ2v) is 12.6. The first-order valence-electron chi connectivity index (χ1n) is 17.7. The molecule has 0 saturated carbocycles. The lowest BCUT2D eigenvalue weighted by atomic mass is 9.85. The van der Waals surface area contributed by atoms with Crippen molar-refractivity contribution in [3.63, 3.8) is 0 Å². The minimum Gasteiger partial charge on any atom is -0.460 e. The molecule has 0 amide bonds. The quantitative estimate of drug-likeness (QED) is 0.0620. The molecule has 0 heterocycles. The van der Waals surface area contributed by atoms with Gasteiger partial charge in [-0.3, -0.25) is 0 Å². The molecule has 0 saturated heterocycles. The molecule has 0 unspecified atom stereocenters. The van der Waals surface area contributed by atoms with Crippen LogP contribution in [-0.2, 0) is 9.53 Å². The van der Waals surface area contributed by atoms with Crippen molar-refractivity contribution in [3.8, 4) is 0 Å². The molecule has 0 aromatic heterocycles. The highest BCUT2D eigenvalue weighted by atomic mass is 16.5. The van der Waals surface area contributed by atoms with E-state index < -0.39 is 0 Å². The first-order valence-corrected chi connectivity index (χ1v) is 17.7. The molecule has 5 heteroatoms. The summed E-state index contributed by atoms with van der Waals surface area (Å²) in [6.45, 7) is 14.4. The van der Waals surface area contributed by atoms with E-state index in [1.165, 1.54) is 28.1 Å². The lowest BCUT2D eigenvalue weighted by Gasteiger charge is -2.24. The van der Waals surface area contributed by atoms with Crippen molar-refractivity contribution < 1.29 is 14.1 Å². The maximum absolute atomic E-state index is 11.9. The Labute approximate surface area is 302 Å². The Morgan fingerprint density at radius 1 is 0.784 bits per heavy atom. The molecule has 0 radical (unpaired) electrons. The maximum atomic E-state index is 11.9. The van der Waals surface area contributed by atoms with E-state index >= 15 is 0 Å². The van der Waals surface area contributed by atoms with Crippen molar-refractivity contribution in [3.05, 3.63) is 174 Å². The van der Waals surface area contributed by atoms with Crippen molar-refractivity contribution in [2.45, 2.75) is 27.7 Å². The number of para-hydroxylation sites is 2. The van der Waals surface area contributed by atoms with Crippen LogP contribution < -0.4 is 10.2 Å². The van der Waals surface area contributed by atoms with Gasteiger partial charge in [-0.15, -0.1) is 0 Å². The Bertz CT molecular complexity index is 2160. The minimum absolute atomic E-state index is 0.257. The number of nitrogens with one attached hydrogen (secondary N) is 1. The highest BCUT2D eigenvalue weighted by Gasteiger charge is 2.22. The van der Waals surface area contributed by atoms with Crippen LogP contribution in [0, 0.1) is 0 Å². The van der Waals surface area contributed by atoms with Crippen LogP contribution in [0.4, 0.5) is 22.7 Å².